The molecule has 7 heteroatoms. The maximum absolute atomic E-state index is 14.5. The first-order valence-corrected chi connectivity index (χ1v) is 14.8. The highest BCUT2D eigenvalue weighted by atomic mass is 28.3. The molecule has 3 atom stereocenters. The van der Waals surface area contributed by atoms with E-state index in [0.29, 0.717) is 24.8 Å². The molecule has 0 aromatic heterocycles. The van der Waals surface area contributed by atoms with E-state index in [-0.39, 0.29) is 30.5 Å². The maximum atomic E-state index is 14.5. The summed E-state index contributed by atoms with van der Waals surface area (Å²) in [6.07, 6.45) is 2.91. The first kappa shape index (κ1) is 24.6. The molecule has 0 amide bonds. The van der Waals surface area contributed by atoms with E-state index in [9.17, 15) is 17.6 Å². The zero-order valence-corrected chi connectivity index (χ0v) is 19.9. The third kappa shape index (κ3) is 5.65. The molecule has 2 fully saturated rings. The highest BCUT2D eigenvalue weighted by molar-refractivity contribution is 6.80. The minimum Gasteiger partial charge on any atom is -0.491 e. The summed E-state index contributed by atoms with van der Waals surface area (Å²) in [7, 11) is -1.93. The Kier molecular flexibility index (Phi) is 8.47. The lowest BCUT2D eigenvalue weighted by Crippen LogP contribution is -2.46. The summed E-state index contributed by atoms with van der Waals surface area (Å²) >= 11 is 0. The Morgan fingerprint density at radius 3 is 2.32 bits per heavy atom. The van der Waals surface area contributed by atoms with Gasteiger partial charge in [0.05, 0.1) is 26.9 Å². The van der Waals surface area contributed by atoms with Crippen molar-refractivity contribution < 1.29 is 27.0 Å². The number of rotatable bonds is 8. The van der Waals surface area contributed by atoms with Crippen LogP contribution in [0.5, 0.6) is 5.75 Å². The largest absolute Gasteiger partial charge is 0.491 e. The van der Waals surface area contributed by atoms with Crippen LogP contribution in [0.15, 0.2) is 12.1 Å². The first-order chi connectivity index (χ1) is 14.8. The van der Waals surface area contributed by atoms with Gasteiger partial charge in [0.25, 0.3) is 0 Å². The summed E-state index contributed by atoms with van der Waals surface area (Å²) < 4.78 is 67.7. The van der Waals surface area contributed by atoms with Crippen molar-refractivity contribution in [1.29, 1.82) is 0 Å². The number of ether oxygens (including phenoxy) is 2. The molecule has 0 spiro atoms. The Labute approximate surface area is 184 Å². The molecule has 0 N–H and O–H groups in total. The van der Waals surface area contributed by atoms with Gasteiger partial charge in [-0.05, 0) is 63.0 Å². The molecule has 1 aromatic rings. The van der Waals surface area contributed by atoms with Crippen LogP contribution in [0.1, 0.15) is 70.3 Å². The lowest BCUT2D eigenvalue weighted by atomic mass is 9.82. The van der Waals surface area contributed by atoms with E-state index in [1.54, 1.807) is 13.0 Å². The van der Waals surface area contributed by atoms with Crippen LogP contribution in [0, 0.1) is 11.6 Å². The van der Waals surface area contributed by atoms with Crippen LogP contribution >= 0.6 is 0 Å². The standard InChI is InChI=1S/C24H36F4O2Si/c1-4-13-31(3)14-12-18(15-21(31)24(27)28)30-17-8-6-16(7-9-17)19-10-11-20(29-5-2)23(26)22(19)25/h10-11,16-18,21,24H,4-9,12-15H2,1-3H3/t16?,17?,18-,21-,31?/m1/s1. The lowest BCUT2D eigenvalue weighted by molar-refractivity contribution is -0.0479. The monoisotopic (exact) mass is 460 g/mol. The Morgan fingerprint density at radius 2 is 1.71 bits per heavy atom. The summed E-state index contributed by atoms with van der Waals surface area (Å²) in [5, 5.41) is 0. The fourth-order valence-electron chi connectivity index (χ4n) is 5.68. The smallest absolute Gasteiger partial charge is 0.239 e. The van der Waals surface area contributed by atoms with E-state index in [4.69, 9.17) is 9.47 Å². The number of alkyl halides is 2. The highest BCUT2D eigenvalue weighted by Gasteiger charge is 2.46. The lowest BCUT2D eigenvalue weighted by Gasteiger charge is -2.44. The molecular weight excluding hydrogens is 424 g/mol. The van der Waals surface area contributed by atoms with Crippen molar-refractivity contribution in [2.75, 3.05) is 6.61 Å². The zero-order valence-electron chi connectivity index (χ0n) is 18.9. The molecule has 1 aliphatic heterocycles. The summed E-state index contributed by atoms with van der Waals surface area (Å²) in [5.74, 6) is -1.84. The predicted octanol–water partition coefficient (Wildman–Crippen LogP) is 7.69. The van der Waals surface area contributed by atoms with E-state index in [0.717, 1.165) is 37.8 Å². The normalized spacial score (nSPS) is 31.7. The van der Waals surface area contributed by atoms with E-state index in [1.165, 1.54) is 6.07 Å². The number of hydrogen-bond acceptors (Lipinski definition) is 2. The van der Waals surface area contributed by atoms with Crippen LogP contribution in [-0.4, -0.2) is 33.3 Å². The van der Waals surface area contributed by atoms with Crippen molar-refractivity contribution in [3.8, 4) is 5.75 Å². The third-order valence-corrected chi connectivity index (χ3v) is 12.8. The summed E-state index contributed by atoms with van der Waals surface area (Å²) in [6.45, 7) is 6.24. The minimum absolute atomic E-state index is 0.0207. The van der Waals surface area contributed by atoms with E-state index >= 15 is 0 Å². The maximum Gasteiger partial charge on any atom is 0.239 e. The molecule has 1 saturated carbocycles. The Morgan fingerprint density at radius 1 is 1.00 bits per heavy atom. The second-order valence-corrected chi connectivity index (χ2v) is 14.6. The van der Waals surface area contributed by atoms with Crippen molar-refractivity contribution in [2.45, 2.75) is 108 Å². The summed E-state index contributed by atoms with van der Waals surface area (Å²) in [4.78, 5) is 0. The van der Waals surface area contributed by atoms with Crippen molar-refractivity contribution in [2.24, 2.45) is 0 Å². The van der Waals surface area contributed by atoms with Crippen LogP contribution in [0.3, 0.4) is 0 Å². The molecule has 3 rings (SSSR count). The van der Waals surface area contributed by atoms with Gasteiger partial charge in [0, 0.05) is 5.54 Å². The molecule has 2 aliphatic rings. The summed E-state index contributed by atoms with van der Waals surface area (Å²) in [5.41, 5.74) is -0.0837. The van der Waals surface area contributed by atoms with Crippen molar-refractivity contribution in [1.82, 2.24) is 0 Å². The van der Waals surface area contributed by atoms with Crippen LogP contribution in [0.2, 0.25) is 24.2 Å². The van der Waals surface area contributed by atoms with Crippen LogP contribution in [-0.2, 0) is 4.74 Å². The van der Waals surface area contributed by atoms with Gasteiger partial charge in [-0.1, -0.05) is 38.0 Å². The molecule has 0 bridgehead atoms. The molecule has 1 unspecified atom stereocenters. The van der Waals surface area contributed by atoms with Crippen LogP contribution < -0.4 is 4.74 Å². The Balaban J connectivity index is 1.56. The Bertz CT molecular complexity index is 724. The van der Waals surface area contributed by atoms with Crippen molar-refractivity contribution >= 4 is 8.07 Å². The van der Waals surface area contributed by atoms with Gasteiger partial charge in [0.1, 0.15) is 0 Å². The van der Waals surface area contributed by atoms with Crippen LogP contribution in [0.4, 0.5) is 17.6 Å². The third-order valence-electron chi connectivity index (χ3n) is 7.45. The van der Waals surface area contributed by atoms with E-state index in [2.05, 4.69) is 13.5 Å². The SMILES string of the molecule is CCC[Si]1(C)CC[C@@H](OC2CCC(c3ccc(OCC)c(F)c3F)CC2)C[C@@H]1C(F)F. The fourth-order valence-corrected chi connectivity index (χ4v) is 10.2. The van der Waals surface area contributed by atoms with Crippen LogP contribution in [0.25, 0.3) is 0 Å². The second-order valence-electron chi connectivity index (χ2n) is 9.56. The fraction of sp³-hybridized carbons (Fsp3) is 0.750. The molecule has 176 valence electrons. The first-order valence-electron chi connectivity index (χ1n) is 11.8. The topological polar surface area (TPSA) is 18.5 Å². The molecular formula is C24H36F4O2Si. The van der Waals surface area contributed by atoms with Gasteiger partial charge >= 0.3 is 0 Å². The summed E-state index contributed by atoms with van der Waals surface area (Å²) in [6, 6.07) is 5.00. The van der Waals surface area contributed by atoms with Gasteiger partial charge in [0.15, 0.2) is 11.6 Å². The molecule has 1 aliphatic carbocycles. The second kappa shape index (κ2) is 10.7. The number of halogens is 4. The van der Waals surface area contributed by atoms with Gasteiger partial charge in [-0.25, -0.2) is 13.2 Å². The van der Waals surface area contributed by atoms with Crippen molar-refractivity contribution in [3.63, 3.8) is 0 Å². The van der Waals surface area contributed by atoms with Gasteiger partial charge in [-0.3, -0.25) is 0 Å². The zero-order chi connectivity index (χ0) is 22.6. The molecule has 2 nitrogen and oxygen atoms in total. The van der Waals surface area contributed by atoms with Gasteiger partial charge < -0.3 is 9.47 Å². The van der Waals surface area contributed by atoms with Gasteiger partial charge in [-0.2, -0.15) is 4.39 Å². The van der Waals surface area contributed by atoms with Crippen molar-refractivity contribution in [3.05, 3.63) is 29.3 Å². The van der Waals surface area contributed by atoms with E-state index in [1.807, 2.05) is 0 Å². The highest BCUT2D eigenvalue weighted by Crippen LogP contribution is 2.46. The Hall–Kier alpha value is -1.08. The average molecular weight is 461 g/mol. The molecule has 1 saturated heterocycles. The number of benzene rings is 1. The molecule has 31 heavy (non-hydrogen) atoms. The average Bonchev–Trinajstić information content (AvgIpc) is 2.74. The number of hydrogen-bond donors (Lipinski definition) is 0. The van der Waals surface area contributed by atoms with Gasteiger partial charge in [-0.15, -0.1) is 0 Å². The molecule has 0 radical (unpaired) electrons. The van der Waals surface area contributed by atoms with E-state index < -0.39 is 31.7 Å². The minimum atomic E-state index is -2.26. The molecule has 1 aromatic carbocycles. The molecule has 1 heterocycles. The quantitative estimate of drug-likeness (QED) is 0.292. The van der Waals surface area contributed by atoms with Gasteiger partial charge in [0.2, 0.25) is 12.2 Å². The predicted molar refractivity (Wildman–Crippen MR) is 118 cm³/mol.